The standard InChI is InChI=1S/C48H55NO15/c1-30(50)49-41-44(57-27-36-19-13-8-14-20-36)42(39(28-55-25-34-15-9-6-10-16-34)62-47(41)61-38-23-21-37(54-5)22-24-38)64-48-46(60-33(4)53)45(59-32(3)52)43(58-31(2)51)40(63-48)29-56-26-35-17-11-7-12-18-35/h6-24,39-48H,25-29H2,1-5H3,(H,49,50)/t39-,40-,41-,42-,43+,44-,45+,46-,47-,48+/m1/s1. The van der Waals surface area contributed by atoms with Gasteiger partial charge in [0, 0.05) is 27.7 Å². The molecule has 4 aromatic carbocycles. The highest BCUT2D eigenvalue weighted by Gasteiger charge is 2.56. The van der Waals surface area contributed by atoms with Crippen molar-refractivity contribution >= 4 is 23.8 Å². The van der Waals surface area contributed by atoms with Crippen LogP contribution in [0.15, 0.2) is 115 Å². The highest BCUT2D eigenvalue weighted by Crippen LogP contribution is 2.36. The van der Waals surface area contributed by atoms with E-state index in [0.717, 1.165) is 16.7 Å². The Labute approximate surface area is 372 Å². The van der Waals surface area contributed by atoms with Crippen LogP contribution in [0.3, 0.4) is 0 Å². The Kier molecular flexibility index (Phi) is 17.6. The lowest BCUT2D eigenvalue weighted by Gasteiger charge is -2.49. The van der Waals surface area contributed by atoms with E-state index in [1.165, 1.54) is 27.7 Å². The first-order valence-electron chi connectivity index (χ1n) is 20.9. The lowest BCUT2D eigenvalue weighted by molar-refractivity contribution is -0.350. The molecule has 4 aromatic rings. The first-order chi connectivity index (χ1) is 31.0. The Balaban J connectivity index is 1.41. The van der Waals surface area contributed by atoms with Crippen LogP contribution in [0.25, 0.3) is 0 Å². The molecule has 0 aromatic heterocycles. The predicted octanol–water partition coefficient (Wildman–Crippen LogP) is 5.23. The molecule has 64 heavy (non-hydrogen) atoms. The van der Waals surface area contributed by atoms with Crippen molar-refractivity contribution in [1.29, 1.82) is 0 Å². The van der Waals surface area contributed by atoms with Crippen molar-refractivity contribution in [3.63, 3.8) is 0 Å². The van der Waals surface area contributed by atoms with Gasteiger partial charge in [0.1, 0.15) is 42.0 Å². The van der Waals surface area contributed by atoms with E-state index in [-0.39, 0.29) is 33.0 Å². The maximum Gasteiger partial charge on any atom is 0.303 e. The third-order valence-corrected chi connectivity index (χ3v) is 10.2. The average molecular weight is 886 g/mol. The van der Waals surface area contributed by atoms with Gasteiger partial charge >= 0.3 is 17.9 Å². The molecule has 6 rings (SSSR count). The second-order valence-electron chi connectivity index (χ2n) is 15.2. The Morgan fingerprint density at radius 1 is 0.516 bits per heavy atom. The minimum Gasteiger partial charge on any atom is -0.497 e. The topological polar surface area (TPSA) is 182 Å². The zero-order valence-corrected chi connectivity index (χ0v) is 36.4. The van der Waals surface area contributed by atoms with E-state index in [0.29, 0.717) is 11.5 Å². The van der Waals surface area contributed by atoms with Crippen LogP contribution in [0.5, 0.6) is 11.5 Å². The van der Waals surface area contributed by atoms with E-state index in [1.807, 2.05) is 91.0 Å². The molecule has 2 heterocycles. The summed E-state index contributed by atoms with van der Waals surface area (Å²) in [5, 5.41) is 2.96. The number of rotatable bonds is 20. The third-order valence-electron chi connectivity index (χ3n) is 10.2. The van der Waals surface area contributed by atoms with Crippen LogP contribution in [-0.4, -0.2) is 105 Å². The molecular formula is C48H55NO15. The Morgan fingerprint density at radius 3 is 1.47 bits per heavy atom. The summed E-state index contributed by atoms with van der Waals surface area (Å²) >= 11 is 0. The highest BCUT2D eigenvalue weighted by molar-refractivity contribution is 5.73. The van der Waals surface area contributed by atoms with Gasteiger partial charge in [-0.3, -0.25) is 19.2 Å². The number of carbonyl (C=O) groups is 4. The van der Waals surface area contributed by atoms with Crippen molar-refractivity contribution in [1.82, 2.24) is 5.32 Å². The van der Waals surface area contributed by atoms with Crippen LogP contribution in [0.4, 0.5) is 0 Å². The number of ether oxygens (including phenoxy) is 11. The van der Waals surface area contributed by atoms with Gasteiger partial charge in [-0.2, -0.15) is 0 Å². The van der Waals surface area contributed by atoms with Crippen molar-refractivity contribution in [2.24, 2.45) is 0 Å². The molecule has 2 saturated heterocycles. The molecule has 342 valence electrons. The minimum atomic E-state index is -1.55. The Morgan fingerprint density at radius 2 is 0.969 bits per heavy atom. The van der Waals surface area contributed by atoms with Gasteiger partial charge in [-0.15, -0.1) is 0 Å². The van der Waals surface area contributed by atoms with Gasteiger partial charge in [-0.1, -0.05) is 91.0 Å². The molecule has 0 saturated carbocycles. The van der Waals surface area contributed by atoms with E-state index >= 15 is 0 Å². The van der Waals surface area contributed by atoms with Crippen LogP contribution in [0.2, 0.25) is 0 Å². The molecule has 0 spiro atoms. The summed E-state index contributed by atoms with van der Waals surface area (Å²) < 4.78 is 68.5. The molecule has 2 aliphatic heterocycles. The van der Waals surface area contributed by atoms with Crippen LogP contribution >= 0.6 is 0 Å². The lowest BCUT2D eigenvalue weighted by Crippen LogP contribution is -2.69. The van der Waals surface area contributed by atoms with Gasteiger partial charge in [-0.05, 0) is 41.0 Å². The molecule has 0 bridgehead atoms. The first-order valence-corrected chi connectivity index (χ1v) is 20.9. The van der Waals surface area contributed by atoms with E-state index in [1.54, 1.807) is 31.4 Å². The van der Waals surface area contributed by atoms with Gasteiger partial charge in [0.2, 0.25) is 12.2 Å². The zero-order valence-electron chi connectivity index (χ0n) is 36.4. The monoisotopic (exact) mass is 885 g/mol. The number of benzene rings is 4. The van der Waals surface area contributed by atoms with Crippen molar-refractivity contribution < 1.29 is 71.3 Å². The van der Waals surface area contributed by atoms with Crippen LogP contribution in [0, 0.1) is 0 Å². The molecular weight excluding hydrogens is 831 g/mol. The first kappa shape index (κ1) is 47.6. The number of methoxy groups -OCH3 is 1. The highest BCUT2D eigenvalue weighted by atomic mass is 16.8. The maximum atomic E-state index is 13.1. The van der Waals surface area contributed by atoms with Crippen molar-refractivity contribution in [2.45, 2.75) is 109 Å². The largest absolute Gasteiger partial charge is 0.497 e. The molecule has 2 fully saturated rings. The number of carbonyl (C=O) groups excluding carboxylic acids is 4. The van der Waals surface area contributed by atoms with Gasteiger partial charge in [0.25, 0.3) is 0 Å². The fraction of sp³-hybridized carbons (Fsp3) is 0.417. The molecule has 0 radical (unpaired) electrons. The molecule has 1 amide bonds. The summed E-state index contributed by atoms with van der Waals surface area (Å²) in [5.74, 6) is -1.68. The fourth-order valence-corrected chi connectivity index (χ4v) is 7.43. The molecule has 2 aliphatic rings. The maximum absolute atomic E-state index is 13.1. The smallest absolute Gasteiger partial charge is 0.303 e. The normalized spacial score (nSPS) is 25.3. The van der Waals surface area contributed by atoms with Gasteiger partial charge in [0.05, 0.1) is 40.1 Å². The molecule has 10 atom stereocenters. The molecule has 16 nitrogen and oxygen atoms in total. The summed E-state index contributed by atoms with van der Waals surface area (Å²) in [6, 6.07) is 34.1. The molecule has 1 N–H and O–H groups in total. The number of hydrogen-bond acceptors (Lipinski definition) is 15. The summed E-state index contributed by atoms with van der Waals surface area (Å²) in [6.45, 7) is 5.00. The number of hydrogen-bond donors (Lipinski definition) is 1. The zero-order chi connectivity index (χ0) is 45.4. The molecule has 0 aliphatic carbocycles. The number of amides is 1. The second-order valence-corrected chi connectivity index (χ2v) is 15.2. The Bertz CT molecular complexity index is 2070. The van der Waals surface area contributed by atoms with Gasteiger partial charge in [-0.25, -0.2) is 0 Å². The predicted molar refractivity (Wildman–Crippen MR) is 227 cm³/mol. The van der Waals surface area contributed by atoms with Crippen LogP contribution in [0.1, 0.15) is 44.4 Å². The van der Waals surface area contributed by atoms with E-state index < -0.39 is 85.2 Å². The lowest BCUT2D eigenvalue weighted by atomic mass is 9.94. The fourth-order valence-electron chi connectivity index (χ4n) is 7.43. The number of esters is 3. The third kappa shape index (κ3) is 13.8. The van der Waals surface area contributed by atoms with E-state index in [9.17, 15) is 19.2 Å². The summed E-state index contributed by atoms with van der Waals surface area (Å²) in [7, 11) is 1.55. The SMILES string of the molecule is COc1ccc(O[C@@H]2O[C@H](COCc3ccccc3)[C@@H](O[C@@H]3O[C@H](COCc4ccccc4)[C@H](OC(C)=O)[C@H](OC(C)=O)[C@H]3OC(C)=O)[C@H](OCc3ccccc3)[C@H]2NC(C)=O)cc1. The second kappa shape index (κ2) is 23.7. The van der Waals surface area contributed by atoms with Crippen LogP contribution < -0.4 is 14.8 Å². The average Bonchev–Trinajstić information content (AvgIpc) is 3.27. The molecule has 16 heteroatoms. The summed E-state index contributed by atoms with van der Waals surface area (Å²) in [5.41, 5.74) is 2.55. The van der Waals surface area contributed by atoms with Crippen molar-refractivity contribution in [3.8, 4) is 11.5 Å². The van der Waals surface area contributed by atoms with E-state index in [4.69, 9.17) is 52.1 Å². The van der Waals surface area contributed by atoms with Gasteiger partial charge < -0.3 is 57.4 Å². The number of nitrogens with one attached hydrogen (secondary N) is 1. The van der Waals surface area contributed by atoms with Crippen molar-refractivity contribution in [3.05, 3.63) is 132 Å². The van der Waals surface area contributed by atoms with Crippen LogP contribution in [-0.2, 0) is 81.6 Å². The quantitative estimate of drug-likeness (QED) is 0.0900. The minimum absolute atomic E-state index is 0.0494. The van der Waals surface area contributed by atoms with E-state index in [2.05, 4.69) is 5.32 Å². The Hall–Kier alpha value is -5.88. The molecule has 0 unspecified atom stereocenters. The summed E-state index contributed by atoms with van der Waals surface area (Å²) in [6.07, 6.45) is -11.4. The summed E-state index contributed by atoms with van der Waals surface area (Å²) in [4.78, 5) is 51.3. The van der Waals surface area contributed by atoms with Gasteiger partial charge in [0.15, 0.2) is 24.6 Å². The van der Waals surface area contributed by atoms with Crippen molar-refractivity contribution in [2.75, 3.05) is 20.3 Å².